The maximum atomic E-state index is 12.6. The Labute approximate surface area is 228 Å². The van der Waals surface area contributed by atoms with Crippen LogP contribution in [0.3, 0.4) is 0 Å². The van der Waals surface area contributed by atoms with Crippen LogP contribution >= 0.6 is 23.2 Å². The van der Waals surface area contributed by atoms with E-state index in [0.29, 0.717) is 11.3 Å². The zero-order valence-corrected chi connectivity index (χ0v) is 22.1. The Morgan fingerprint density at radius 3 is 2.13 bits per heavy atom. The lowest BCUT2D eigenvalue weighted by Gasteiger charge is -2.34. The van der Waals surface area contributed by atoms with E-state index in [0.717, 1.165) is 32.4 Å². The number of piperidine rings is 1. The number of carbonyl (C=O) groups is 2. The van der Waals surface area contributed by atoms with Crippen LogP contribution in [0.4, 0.5) is 17.1 Å². The summed E-state index contributed by atoms with van der Waals surface area (Å²) in [5.74, 6) is -1.69. The number of pyridine rings is 1. The minimum atomic E-state index is -1.17. The van der Waals surface area contributed by atoms with Crippen molar-refractivity contribution in [1.29, 1.82) is 0 Å². The van der Waals surface area contributed by atoms with E-state index in [-0.39, 0.29) is 39.6 Å². The van der Waals surface area contributed by atoms with Crippen LogP contribution in [0.15, 0.2) is 46.2 Å². The van der Waals surface area contributed by atoms with E-state index in [1.54, 1.807) is 24.3 Å². The van der Waals surface area contributed by atoms with Crippen LogP contribution in [-0.2, 0) is 11.2 Å². The number of hydrogen-bond donors (Lipinski definition) is 4. The molecule has 12 heteroatoms. The Hall–Kier alpha value is -3.47. The number of halogens is 2. The number of aliphatic carboxylic acids is 1. The third kappa shape index (κ3) is 6.15. The van der Waals surface area contributed by atoms with Gasteiger partial charge in [0.2, 0.25) is 0 Å². The molecule has 0 saturated carbocycles. The highest BCUT2D eigenvalue weighted by molar-refractivity contribution is 6.40. The van der Waals surface area contributed by atoms with Crippen molar-refractivity contribution in [3.63, 3.8) is 0 Å². The fourth-order valence-corrected chi connectivity index (χ4v) is 4.97. The van der Waals surface area contributed by atoms with Crippen LogP contribution in [0.5, 0.6) is 0 Å². The van der Waals surface area contributed by atoms with Crippen LogP contribution in [0.1, 0.15) is 42.1 Å². The summed E-state index contributed by atoms with van der Waals surface area (Å²) in [7, 11) is 0. The lowest BCUT2D eigenvalue weighted by Crippen LogP contribution is -2.47. The molecule has 4 N–H and O–H groups in total. The Bertz CT molecular complexity index is 1380. The zero-order valence-electron chi connectivity index (χ0n) is 20.6. The highest BCUT2D eigenvalue weighted by atomic mass is 35.5. The number of carboxylic acids is 1. The molecule has 1 fully saturated rings. The first-order chi connectivity index (χ1) is 18.2. The molecule has 0 radical (unpaired) electrons. The fourth-order valence-electron chi connectivity index (χ4n) is 4.43. The summed E-state index contributed by atoms with van der Waals surface area (Å²) in [5, 5.41) is 18.5. The molecule has 1 amide bonds. The van der Waals surface area contributed by atoms with Gasteiger partial charge >= 0.3 is 5.97 Å². The van der Waals surface area contributed by atoms with E-state index < -0.39 is 28.8 Å². The number of rotatable bonds is 10. The highest BCUT2D eigenvalue weighted by Gasteiger charge is 2.29. The second-order valence-corrected chi connectivity index (χ2v) is 10.0. The average Bonchev–Trinajstić information content (AvgIpc) is 2.90. The summed E-state index contributed by atoms with van der Waals surface area (Å²) in [6.45, 7) is 3.70. The number of nitrogens with zero attached hydrogens (tertiary/aromatic N) is 2. The van der Waals surface area contributed by atoms with Crippen LogP contribution in [-0.4, -0.2) is 52.2 Å². The molecule has 3 aromatic rings. The molecular weight excluding hydrogens is 533 g/mol. The molecule has 38 heavy (non-hydrogen) atoms. The smallest absolute Gasteiger partial charge is 0.326 e. The minimum absolute atomic E-state index is 0.0127. The van der Waals surface area contributed by atoms with Gasteiger partial charge in [0.15, 0.2) is 0 Å². The third-order valence-corrected chi connectivity index (χ3v) is 7.12. The van der Waals surface area contributed by atoms with Crippen LogP contribution in [0.25, 0.3) is 0 Å². The number of carboxylic acid groups (broad SMARTS) is 1. The quantitative estimate of drug-likeness (QED) is 0.274. The van der Waals surface area contributed by atoms with Crippen molar-refractivity contribution in [1.82, 2.24) is 9.88 Å². The van der Waals surface area contributed by atoms with Crippen molar-refractivity contribution in [3.8, 4) is 0 Å². The number of aromatic nitrogens is 1. The average molecular weight is 560 g/mol. The Balaban J connectivity index is 1.42. The Kier molecular flexibility index (Phi) is 8.65. The maximum absolute atomic E-state index is 12.6. The van der Waals surface area contributed by atoms with Crippen LogP contribution < -0.4 is 26.8 Å². The van der Waals surface area contributed by atoms with Gasteiger partial charge in [-0.3, -0.25) is 24.3 Å². The first-order valence-corrected chi connectivity index (χ1v) is 12.9. The molecule has 1 aliphatic rings. The largest absolute Gasteiger partial charge is 0.480 e. The summed E-state index contributed by atoms with van der Waals surface area (Å²) in [6, 6.07) is 5.38. The number of hydrogen-bond acceptors (Lipinski definition) is 8. The van der Waals surface area contributed by atoms with Gasteiger partial charge in [0.05, 0.1) is 21.8 Å². The Morgan fingerprint density at radius 2 is 1.55 bits per heavy atom. The number of carbonyl (C=O) groups excluding carboxylic acids is 1. The van der Waals surface area contributed by atoms with E-state index in [9.17, 15) is 24.3 Å². The third-order valence-electron chi connectivity index (χ3n) is 6.55. The van der Waals surface area contributed by atoms with Gasteiger partial charge in [-0.15, -0.1) is 0 Å². The van der Waals surface area contributed by atoms with Crippen molar-refractivity contribution in [2.45, 2.75) is 44.8 Å². The van der Waals surface area contributed by atoms with E-state index in [4.69, 9.17) is 23.2 Å². The van der Waals surface area contributed by atoms with Gasteiger partial charge in [-0.1, -0.05) is 41.8 Å². The van der Waals surface area contributed by atoms with Crippen molar-refractivity contribution in [2.75, 3.05) is 29.0 Å². The summed E-state index contributed by atoms with van der Waals surface area (Å²) in [4.78, 5) is 55.1. The molecule has 0 bridgehead atoms. The highest BCUT2D eigenvalue weighted by Crippen LogP contribution is 2.25. The number of benzene rings is 1. The summed E-state index contributed by atoms with van der Waals surface area (Å²) >= 11 is 12.1. The van der Waals surface area contributed by atoms with Gasteiger partial charge in [-0.05, 0) is 37.5 Å². The fraction of sp³-hybridized carbons (Fsp3) is 0.346. The predicted molar refractivity (Wildman–Crippen MR) is 147 cm³/mol. The first kappa shape index (κ1) is 27.6. The molecule has 200 valence electrons. The van der Waals surface area contributed by atoms with Gasteiger partial charge < -0.3 is 21.1 Å². The van der Waals surface area contributed by atoms with Gasteiger partial charge in [-0.2, -0.15) is 0 Å². The molecule has 2 heterocycles. The second-order valence-electron chi connectivity index (χ2n) is 9.19. The molecule has 1 aliphatic heterocycles. The van der Waals surface area contributed by atoms with Crippen LogP contribution in [0.2, 0.25) is 10.0 Å². The summed E-state index contributed by atoms with van der Waals surface area (Å²) in [6.07, 6.45) is 5.80. The summed E-state index contributed by atoms with van der Waals surface area (Å²) in [5.41, 5.74) is -0.117. The molecule has 1 aromatic heterocycles. The molecule has 1 saturated heterocycles. The van der Waals surface area contributed by atoms with Gasteiger partial charge in [0.25, 0.3) is 16.8 Å². The molecule has 2 aromatic carbocycles. The lowest BCUT2D eigenvalue weighted by molar-refractivity contribution is -0.137. The molecule has 1 unspecified atom stereocenters. The van der Waals surface area contributed by atoms with Crippen molar-refractivity contribution < 1.29 is 14.7 Å². The minimum Gasteiger partial charge on any atom is -0.480 e. The summed E-state index contributed by atoms with van der Waals surface area (Å²) < 4.78 is 0. The topological polar surface area (TPSA) is 141 Å². The SMILES string of the molecule is CC(Nc1c(N[C@@H](Cc2ccc(NC(=O)c3c(Cl)cncc3Cl)cc2)C(=O)O)c(=O)c1=O)N1CCCCC1. The van der Waals surface area contributed by atoms with Gasteiger partial charge in [0.1, 0.15) is 17.4 Å². The predicted octanol–water partition coefficient (Wildman–Crippen LogP) is 3.59. The number of anilines is 3. The standard InChI is InChI=1S/C26H27Cl2N5O5/c1-14(33-9-3-2-4-10-33)30-21-22(24(35)23(21)34)32-19(26(37)38)11-15-5-7-16(8-6-15)31-25(36)20-17(27)12-29-13-18(20)28/h5-8,12-14,19,30,32H,2-4,9-11H2,1H3,(H,31,36)(H,37,38)/t14?,19-/m0/s1. The first-order valence-electron chi connectivity index (χ1n) is 12.2. The van der Waals surface area contributed by atoms with E-state index in [1.807, 2.05) is 6.92 Å². The van der Waals surface area contributed by atoms with Gasteiger partial charge in [0, 0.05) is 37.6 Å². The van der Waals surface area contributed by atoms with E-state index >= 15 is 0 Å². The zero-order chi connectivity index (χ0) is 27.4. The van der Waals surface area contributed by atoms with Gasteiger partial charge in [-0.25, -0.2) is 4.79 Å². The van der Waals surface area contributed by atoms with E-state index in [2.05, 4.69) is 25.8 Å². The molecule has 10 nitrogen and oxygen atoms in total. The number of amides is 1. The molecule has 2 atom stereocenters. The molecule has 0 spiro atoms. The molecule has 4 rings (SSSR count). The number of nitrogens with one attached hydrogen (secondary N) is 3. The lowest BCUT2D eigenvalue weighted by atomic mass is 10.0. The Morgan fingerprint density at radius 1 is 0.974 bits per heavy atom. The number of likely N-dealkylation sites (tertiary alicyclic amines) is 1. The van der Waals surface area contributed by atoms with Crippen molar-refractivity contribution in [3.05, 3.63) is 78.3 Å². The van der Waals surface area contributed by atoms with Crippen LogP contribution in [0, 0.1) is 0 Å². The maximum Gasteiger partial charge on any atom is 0.326 e. The van der Waals surface area contributed by atoms with Crippen molar-refractivity contribution in [2.24, 2.45) is 0 Å². The monoisotopic (exact) mass is 559 g/mol. The molecule has 0 aliphatic carbocycles. The van der Waals surface area contributed by atoms with Crippen molar-refractivity contribution >= 4 is 52.1 Å². The molecular formula is C26H27Cl2N5O5. The van der Waals surface area contributed by atoms with E-state index in [1.165, 1.54) is 12.4 Å². The normalized spacial score (nSPS) is 15.6. The second kappa shape index (κ2) is 11.9.